The predicted octanol–water partition coefficient (Wildman–Crippen LogP) is 1.95. The summed E-state index contributed by atoms with van der Waals surface area (Å²) in [5.74, 6) is 1.44. The fourth-order valence-corrected chi connectivity index (χ4v) is 3.89. The second-order valence-electron chi connectivity index (χ2n) is 5.63. The molecule has 0 saturated carbocycles. The molecule has 0 aliphatic carbocycles. The zero-order valence-electron chi connectivity index (χ0n) is 14.4. The topological polar surface area (TPSA) is 69.5 Å². The number of para-hydroxylation sites is 1. The van der Waals surface area contributed by atoms with Crippen molar-refractivity contribution in [2.24, 2.45) is 0 Å². The molecule has 8 heteroatoms. The summed E-state index contributed by atoms with van der Waals surface area (Å²) in [5, 5.41) is 8.41. The molecule has 1 amide bonds. The maximum absolute atomic E-state index is 12.1. The first-order valence-electron chi connectivity index (χ1n) is 8.23. The fourth-order valence-electron chi connectivity index (χ4n) is 2.74. The van der Waals surface area contributed by atoms with Crippen LogP contribution in [0, 0.1) is 0 Å². The molecule has 2 heterocycles. The van der Waals surface area contributed by atoms with Gasteiger partial charge in [0, 0.05) is 19.2 Å². The maximum atomic E-state index is 12.1. The lowest BCUT2D eigenvalue weighted by Gasteiger charge is -2.21. The van der Waals surface area contributed by atoms with Gasteiger partial charge in [-0.25, -0.2) is 4.68 Å². The molecule has 0 bridgehead atoms. The number of aromatic nitrogens is 3. The normalized spacial score (nSPS) is 17.3. The quantitative estimate of drug-likeness (QED) is 0.715. The van der Waals surface area contributed by atoms with Crippen LogP contribution in [0.2, 0.25) is 0 Å². The molecule has 0 N–H and O–H groups in total. The molecular formula is C17H22N4O3S. The lowest BCUT2D eigenvalue weighted by molar-refractivity contribution is -0.128. The van der Waals surface area contributed by atoms with Crippen LogP contribution >= 0.6 is 11.8 Å². The molecule has 1 aromatic carbocycles. The molecule has 3 rings (SSSR count). The second kappa shape index (κ2) is 8.35. The van der Waals surface area contributed by atoms with Gasteiger partial charge in [0.25, 0.3) is 0 Å². The molecule has 0 unspecified atom stereocenters. The summed E-state index contributed by atoms with van der Waals surface area (Å²) in [6.45, 7) is 4.24. The molecule has 1 aromatic heterocycles. The highest BCUT2D eigenvalue weighted by Crippen LogP contribution is 2.37. The van der Waals surface area contributed by atoms with Crippen molar-refractivity contribution < 1.29 is 14.3 Å². The summed E-state index contributed by atoms with van der Waals surface area (Å²) in [6, 6.07) is 7.91. The van der Waals surface area contributed by atoms with Gasteiger partial charge in [-0.1, -0.05) is 23.4 Å². The Kier molecular flexibility index (Phi) is 5.93. The minimum atomic E-state index is -0.0986. The van der Waals surface area contributed by atoms with Gasteiger partial charge >= 0.3 is 0 Å². The third kappa shape index (κ3) is 4.13. The number of hydrogen-bond acceptors (Lipinski definition) is 6. The van der Waals surface area contributed by atoms with E-state index in [1.807, 2.05) is 37.4 Å². The van der Waals surface area contributed by atoms with E-state index in [1.165, 1.54) is 0 Å². The minimum absolute atomic E-state index is 0.0986. The molecule has 1 atom stereocenters. The van der Waals surface area contributed by atoms with E-state index < -0.39 is 0 Å². The lowest BCUT2D eigenvalue weighted by atomic mass is 10.2. The molecule has 1 aliphatic rings. The molecule has 1 aliphatic heterocycles. The zero-order chi connectivity index (χ0) is 17.6. The first-order valence-corrected chi connectivity index (χ1v) is 9.28. The molecule has 7 nitrogen and oxygen atoms in total. The average molecular weight is 362 g/mol. The van der Waals surface area contributed by atoms with Crippen molar-refractivity contribution in [1.82, 2.24) is 19.9 Å². The number of ether oxygens (including phenoxy) is 2. The molecule has 2 aromatic rings. The van der Waals surface area contributed by atoms with Gasteiger partial charge in [0.05, 0.1) is 31.7 Å². The van der Waals surface area contributed by atoms with Crippen LogP contribution in [-0.4, -0.2) is 58.4 Å². The Balaban J connectivity index is 1.73. The van der Waals surface area contributed by atoms with Gasteiger partial charge in [-0.05, 0) is 13.0 Å². The van der Waals surface area contributed by atoms with Crippen LogP contribution in [0.3, 0.4) is 0 Å². The highest BCUT2D eigenvalue weighted by atomic mass is 32.2. The van der Waals surface area contributed by atoms with Crippen molar-refractivity contribution in [2.75, 3.05) is 32.6 Å². The van der Waals surface area contributed by atoms with Gasteiger partial charge < -0.3 is 14.4 Å². The molecule has 0 radical (unpaired) electrons. The monoisotopic (exact) mass is 362 g/mol. The smallest absolute Gasteiger partial charge is 0.233 e. The van der Waals surface area contributed by atoms with Crippen molar-refractivity contribution >= 4 is 17.7 Å². The van der Waals surface area contributed by atoms with Gasteiger partial charge in [-0.3, -0.25) is 4.79 Å². The summed E-state index contributed by atoms with van der Waals surface area (Å²) in [7, 11) is 1.63. The number of amides is 1. The Morgan fingerprint density at radius 1 is 1.36 bits per heavy atom. The summed E-state index contributed by atoms with van der Waals surface area (Å²) in [6.07, 6.45) is 1.90. The van der Waals surface area contributed by atoms with Crippen LogP contribution in [-0.2, 0) is 16.1 Å². The van der Waals surface area contributed by atoms with E-state index in [0.717, 1.165) is 17.0 Å². The van der Waals surface area contributed by atoms with Gasteiger partial charge in [0.1, 0.15) is 16.8 Å². The van der Waals surface area contributed by atoms with E-state index in [-0.39, 0.29) is 11.3 Å². The number of carbonyl (C=O) groups excluding carboxylic acids is 1. The summed E-state index contributed by atoms with van der Waals surface area (Å²) in [5.41, 5.74) is 1.84. The van der Waals surface area contributed by atoms with Gasteiger partial charge in [-0.15, -0.1) is 16.9 Å². The lowest BCUT2D eigenvalue weighted by Crippen LogP contribution is -2.31. The number of methoxy groups -OCH3 is 1. The van der Waals surface area contributed by atoms with E-state index in [1.54, 1.807) is 28.5 Å². The highest BCUT2D eigenvalue weighted by Gasteiger charge is 2.34. The number of carbonyl (C=O) groups is 1. The molecule has 25 heavy (non-hydrogen) atoms. The van der Waals surface area contributed by atoms with Gasteiger partial charge in [0.15, 0.2) is 0 Å². The van der Waals surface area contributed by atoms with Gasteiger partial charge in [-0.2, -0.15) is 0 Å². The zero-order valence-corrected chi connectivity index (χ0v) is 15.2. The van der Waals surface area contributed by atoms with Crippen molar-refractivity contribution in [2.45, 2.75) is 18.8 Å². The van der Waals surface area contributed by atoms with Crippen LogP contribution in [0.5, 0.6) is 5.75 Å². The SMILES string of the molecule is CCOc1ccccc1Cn1cc([C@H]2SCC(=O)N2CCOC)nn1. The van der Waals surface area contributed by atoms with Crippen LogP contribution in [0.1, 0.15) is 23.6 Å². The van der Waals surface area contributed by atoms with Crippen LogP contribution in [0.15, 0.2) is 30.5 Å². The Morgan fingerprint density at radius 3 is 3.00 bits per heavy atom. The first kappa shape index (κ1) is 17.8. The van der Waals surface area contributed by atoms with Crippen LogP contribution in [0.4, 0.5) is 0 Å². The Labute approximate surface area is 151 Å². The van der Waals surface area contributed by atoms with Crippen molar-refractivity contribution in [1.29, 1.82) is 0 Å². The maximum Gasteiger partial charge on any atom is 0.233 e. The molecule has 1 saturated heterocycles. The molecule has 0 spiro atoms. The molecule has 1 fully saturated rings. The summed E-state index contributed by atoms with van der Waals surface area (Å²) >= 11 is 1.57. The van der Waals surface area contributed by atoms with Gasteiger partial charge in [0.2, 0.25) is 5.91 Å². The standard InChI is InChI=1S/C17H22N4O3S/c1-3-24-15-7-5-4-6-13(15)10-20-11-14(18-19-20)17-21(8-9-23-2)16(22)12-25-17/h4-7,11,17H,3,8-10,12H2,1-2H3/t17-/m1/s1. The van der Waals surface area contributed by atoms with E-state index in [4.69, 9.17) is 9.47 Å². The van der Waals surface area contributed by atoms with Crippen molar-refractivity contribution in [3.05, 3.63) is 41.7 Å². The Bertz CT molecular complexity index is 721. The molecular weight excluding hydrogens is 340 g/mol. The van der Waals surface area contributed by atoms with Crippen LogP contribution < -0.4 is 4.74 Å². The Morgan fingerprint density at radius 2 is 2.20 bits per heavy atom. The second-order valence-corrected chi connectivity index (χ2v) is 6.69. The van der Waals surface area contributed by atoms with Crippen molar-refractivity contribution in [3.63, 3.8) is 0 Å². The number of benzene rings is 1. The number of thioether (sulfide) groups is 1. The fraction of sp³-hybridized carbons (Fsp3) is 0.471. The average Bonchev–Trinajstić information content (AvgIpc) is 3.21. The molecule has 134 valence electrons. The Hall–Kier alpha value is -2.06. The van der Waals surface area contributed by atoms with Crippen LogP contribution in [0.25, 0.3) is 0 Å². The highest BCUT2D eigenvalue weighted by molar-refractivity contribution is 8.00. The summed E-state index contributed by atoms with van der Waals surface area (Å²) in [4.78, 5) is 13.9. The number of hydrogen-bond donors (Lipinski definition) is 0. The van der Waals surface area contributed by atoms with E-state index in [9.17, 15) is 4.79 Å². The summed E-state index contributed by atoms with van der Waals surface area (Å²) < 4.78 is 12.5. The van der Waals surface area contributed by atoms with Crippen molar-refractivity contribution in [3.8, 4) is 5.75 Å². The largest absolute Gasteiger partial charge is 0.494 e. The van der Waals surface area contributed by atoms with E-state index in [0.29, 0.717) is 32.1 Å². The minimum Gasteiger partial charge on any atom is -0.494 e. The predicted molar refractivity (Wildman–Crippen MR) is 95.5 cm³/mol. The third-order valence-electron chi connectivity index (χ3n) is 3.92. The number of rotatable bonds is 8. The first-order chi connectivity index (χ1) is 12.2. The van der Waals surface area contributed by atoms with E-state index in [2.05, 4.69) is 10.3 Å². The third-order valence-corrected chi connectivity index (χ3v) is 5.14. The number of nitrogens with zero attached hydrogens (tertiary/aromatic N) is 4. The van der Waals surface area contributed by atoms with E-state index >= 15 is 0 Å².